The minimum Gasteiger partial charge on any atom is -0.368 e. The molecular weight excluding hydrogens is 270 g/mol. The van der Waals surface area contributed by atoms with Gasteiger partial charge in [0.1, 0.15) is 6.04 Å². The van der Waals surface area contributed by atoms with E-state index in [1.54, 1.807) is 12.4 Å². The predicted molar refractivity (Wildman–Crippen MR) is 66.1 cm³/mol. The number of pyridine rings is 1. The van der Waals surface area contributed by atoms with Crippen LogP contribution in [0.1, 0.15) is 19.3 Å². The van der Waals surface area contributed by atoms with Crippen LogP contribution in [0.25, 0.3) is 0 Å². The first-order chi connectivity index (χ1) is 7.70. The highest BCUT2D eigenvalue weighted by atomic mass is 79.9. The molecule has 1 aromatic rings. The maximum atomic E-state index is 11.4. The van der Waals surface area contributed by atoms with Crippen LogP contribution >= 0.6 is 15.9 Å². The van der Waals surface area contributed by atoms with E-state index in [1.165, 1.54) is 0 Å². The molecule has 2 heterocycles. The lowest BCUT2D eigenvalue weighted by Crippen LogP contribution is -2.48. The molecule has 16 heavy (non-hydrogen) atoms. The lowest BCUT2D eigenvalue weighted by atomic mass is 10.0. The maximum Gasteiger partial charge on any atom is 0.240 e. The van der Waals surface area contributed by atoms with Crippen LogP contribution in [0.15, 0.2) is 22.9 Å². The van der Waals surface area contributed by atoms with Crippen LogP contribution in [0.3, 0.4) is 0 Å². The third-order valence-electron chi connectivity index (χ3n) is 2.89. The molecule has 0 bridgehead atoms. The summed E-state index contributed by atoms with van der Waals surface area (Å²) in [5, 5.41) is 0. The number of carbonyl (C=O) groups is 1. The topological polar surface area (TPSA) is 59.2 Å². The van der Waals surface area contributed by atoms with Crippen molar-refractivity contribution in [2.24, 2.45) is 5.73 Å². The van der Waals surface area contributed by atoms with E-state index in [0.29, 0.717) is 0 Å². The molecule has 0 spiro atoms. The number of primary amides is 1. The Labute approximate surface area is 103 Å². The summed E-state index contributed by atoms with van der Waals surface area (Å²) in [6, 6.07) is 1.72. The van der Waals surface area contributed by atoms with Gasteiger partial charge in [0.15, 0.2) is 0 Å². The number of amides is 1. The second-order valence-electron chi connectivity index (χ2n) is 3.93. The molecule has 0 aromatic carbocycles. The quantitative estimate of drug-likeness (QED) is 0.899. The van der Waals surface area contributed by atoms with E-state index in [4.69, 9.17) is 5.73 Å². The summed E-state index contributed by atoms with van der Waals surface area (Å²) in [5.74, 6) is -0.247. The van der Waals surface area contributed by atoms with E-state index in [-0.39, 0.29) is 11.9 Å². The predicted octanol–water partition coefficient (Wildman–Crippen LogP) is 1.69. The van der Waals surface area contributed by atoms with Gasteiger partial charge in [-0.25, -0.2) is 0 Å². The number of hydrogen-bond donors (Lipinski definition) is 1. The monoisotopic (exact) mass is 283 g/mol. The number of nitrogens with zero attached hydrogens (tertiary/aromatic N) is 2. The zero-order valence-electron chi connectivity index (χ0n) is 8.90. The van der Waals surface area contributed by atoms with Crippen LogP contribution in [0.2, 0.25) is 0 Å². The van der Waals surface area contributed by atoms with Gasteiger partial charge in [0.25, 0.3) is 0 Å². The third kappa shape index (κ3) is 2.19. The normalized spacial score (nSPS) is 20.8. The van der Waals surface area contributed by atoms with Crippen molar-refractivity contribution in [1.29, 1.82) is 0 Å². The molecule has 1 aliphatic rings. The summed E-state index contributed by atoms with van der Waals surface area (Å²) in [6.07, 6.45) is 6.46. The van der Waals surface area contributed by atoms with Crippen molar-refractivity contribution < 1.29 is 4.79 Å². The van der Waals surface area contributed by atoms with E-state index in [0.717, 1.165) is 36.0 Å². The van der Waals surface area contributed by atoms with Gasteiger partial charge in [-0.1, -0.05) is 0 Å². The maximum absolute atomic E-state index is 11.4. The van der Waals surface area contributed by atoms with Gasteiger partial charge >= 0.3 is 0 Å². The molecule has 4 nitrogen and oxygen atoms in total. The Morgan fingerprint density at radius 3 is 3.06 bits per heavy atom. The van der Waals surface area contributed by atoms with E-state index < -0.39 is 0 Å². The summed E-state index contributed by atoms with van der Waals surface area (Å²) in [7, 11) is 0. The molecule has 2 N–H and O–H groups in total. The average Bonchev–Trinajstić information content (AvgIpc) is 2.29. The number of nitrogens with two attached hydrogens (primary N) is 1. The highest BCUT2D eigenvalue weighted by molar-refractivity contribution is 9.10. The van der Waals surface area contributed by atoms with E-state index in [1.807, 2.05) is 6.07 Å². The smallest absolute Gasteiger partial charge is 0.240 e. The molecule has 0 saturated carbocycles. The van der Waals surface area contributed by atoms with Crippen molar-refractivity contribution in [3.63, 3.8) is 0 Å². The standard InChI is InChI=1S/C11H14BrN3O/c12-8-7-14-5-4-9(8)15-6-2-1-3-10(15)11(13)16/h4-5,7,10H,1-3,6H2,(H2,13,16). The van der Waals surface area contributed by atoms with Crippen molar-refractivity contribution in [2.45, 2.75) is 25.3 Å². The van der Waals surface area contributed by atoms with Gasteiger partial charge in [-0.3, -0.25) is 9.78 Å². The van der Waals surface area contributed by atoms with E-state index in [2.05, 4.69) is 25.8 Å². The lowest BCUT2D eigenvalue weighted by Gasteiger charge is -2.35. The number of aromatic nitrogens is 1. The van der Waals surface area contributed by atoms with Crippen LogP contribution in [0.4, 0.5) is 5.69 Å². The molecule has 1 aliphatic heterocycles. The average molecular weight is 284 g/mol. The molecule has 1 atom stereocenters. The molecular formula is C11H14BrN3O. The molecule has 86 valence electrons. The first-order valence-electron chi connectivity index (χ1n) is 5.35. The number of halogens is 1. The van der Waals surface area contributed by atoms with Gasteiger partial charge in [-0.05, 0) is 41.3 Å². The number of carbonyl (C=O) groups excluding carboxylic acids is 1. The highest BCUT2D eigenvalue weighted by Crippen LogP contribution is 2.30. The van der Waals surface area contributed by atoms with Crippen molar-refractivity contribution in [3.8, 4) is 0 Å². The van der Waals surface area contributed by atoms with Crippen molar-refractivity contribution >= 4 is 27.5 Å². The van der Waals surface area contributed by atoms with Crippen LogP contribution in [-0.2, 0) is 4.79 Å². The molecule has 0 aliphatic carbocycles. The van der Waals surface area contributed by atoms with Gasteiger partial charge < -0.3 is 10.6 Å². The Balaban J connectivity index is 2.30. The summed E-state index contributed by atoms with van der Waals surface area (Å²) < 4.78 is 0.906. The fourth-order valence-corrected chi connectivity index (χ4v) is 2.59. The third-order valence-corrected chi connectivity index (χ3v) is 3.50. The number of rotatable bonds is 2. The zero-order chi connectivity index (χ0) is 11.5. The van der Waals surface area contributed by atoms with Crippen molar-refractivity contribution in [3.05, 3.63) is 22.9 Å². The fourth-order valence-electron chi connectivity index (χ4n) is 2.12. The van der Waals surface area contributed by atoms with Gasteiger partial charge in [-0.15, -0.1) is 0 Å². The SMILES string of the molecule is NC(=O)C1CCCCN1c1ccncc1Br. The molecule has 0 radical (unpaired) electrons. The van der Waals surface area contributed by atoms with E-state index in [9.17, 15) is 4.79 Å². The molecule has 5 heteroatoms. The summed E-state index contributed by atoms with van der Waals surface area (Å²) in [6.45, 7) is 0.871. The van der Waals surface area contributed by atoms with Crippen LogP contribution in [0, 0.1) is 0 Å². The fraction of sp³-hybridized carbons (Fsp3) is 0.455. The minimum atomic E-state index is -0.247. The van der Waals surface area contributed by atoms with Gasteiger partial charge in [0.2, 0.25) is 5.91 Å². The van der Waals surface area contributed by atoms with Crippen molar-refractivity contribution in [1.82, 2.24) is 4.98 Å². The van der Waals surface area contributed by atoms with E-state index >= 15 is 0 Å². The second-order valence-corrected chi connectivity index (χ2v) is 4.79. The van der Waals surface area contributed by atoms with Crippen LogP contribution < -0.4 is 10.6 Å². The molecule has 1 aromatic heterocycles. The Morgan fingerprint density at radius 2 is 2.38 bits per heavy atom. The molecule has 2 rings (SSSR count). The largest absolute Gasteiger partial charge is 0.368 e. The minimum absolute atomic E-state index is 0.188. The summed E-state index contributed by atoms with van der Waals surface area (Å²) >= 11 is 3.45. The second kappa shape index (κ2) is 4.82. The highest BCUT2D eigenvalue weighted by Gasteiger charge is 2.27. The molecule has 1 fully saturated rings. The number of piperidine rings is 1. The molecule has 1 saturated heterocycles. The summed E-state index contributed by atoms with van der Waals surface area (Å²) in [5.41, 5.74) is 6.43. The lowest BCUT2D eigenvalue weighted by molar-refractivity contribution is -0.119. The Hall–Kier alpha value is -1.10. The van der Waals surface area contributed by atoms with Crippen LogP contribution in [-0.4, -0.2) is 23.5 Å². The Bertz CT molecular complexity index is 397. The number of anilines is 1. The van der Waals surface area contributed by atoms with Gasteiger partial charge in [0.05, 0.1) is 10.2 Å². The van der Waals surface area contributed by atoms with Crippen molar-refractivity contribution in [2.75, 3.05) is 11.4 Å². The number of hydrogen-bond acceptors (Lipinski definition) is 3. The zero-order valence-corrected chi connectivity index (χ0v) is 10.5. The van der Waals surface area contributed by atoms with Gasteiger partial charge in [0, 0.05) is 18.9 Å². The first kappa shape index (κ1) is 11.4. The Morgan fingerprint density at radius 1 is 1.56 bits per heavy atom. The Kier molecular flexibility index (Phi) is 3.43. The van der Waals surface area contributed by atoms with Gasteiger partial charge in [-0.2, -0.15) is 0 Å². The molecule has 1 unspecified atom stereocenters. The first-order valence-corrected chi connectivity index (χ1v) is 6.15. The van der Waals surface area contributed by atoms with Crippen LogP contribution in [0.5, 0.6) is 0 Å². The summed E-state index contributed by atoms with van der Waals surface area (Å²) in [4.78, 5) is 17.5. The molecule has 1 amide bonds.